The molecule has 1 aliphatic carbocycles. The third-order valence-electron chi connectivity index (χ3n) is 5.66. The molecular formula is C18H28N4O2S. The lowest BCUT2D eigenvalue weighted by Crippen LogP contribution is -2.38. The van der Waals surface area contributed by atoms with E-state index in [-0.39, 0.29) is 23.1 Å². The molecule has 138 valence electrons. The molecule has 7 heteroatoms. The van der Waals surface area contributed by atoms with E-state index in [4.69, 9.17) is 0 Å². The van der Waals surface area contributed by atoms with Gasteiger partial charge in [-0.3, -0.25) is 9.59 Å². The van der Waals surface area contributed by atoms with Crippen molar-refractivity contribution in [3.63, 3.8) is 0 Å². The third-order valence-corrected chi connectivity index (χ3v) is 6.87. The Labute approximate surface area is 153 Å². The minimum Gasteiger partial charge on any atom is -0.339 e. The molecule has 0 spiro atoms. The number of amides is 2. The average Bonchev–Trinajstić information content (AvgIpc) is 3.23. The molecule has 0 radical (unpaired) electrons. The van der Waals surface area contributed by atoms with Gasteiger partial charge >= 0.3 is 0 Å². The highest BCUT2D eigenvalue weighted by molar-refractivity contribution is 7.15. The lowest BCUT2D eigenvalue weighted by molar-refractivity contribution is -0.130. The zero-order valence-corrected chi connectivity index (χ0v) is 16.2. The van der Waals surface area contributed by atoms with Crippen LogP contribution in [0.4, 0.5) is 5.13 Å². The Hall–Kier alpha value is -1.50. The second-order valence-corrected chi connectivity index (χ2v) is 8.86. The number of anilines is 1. The van der Waals surface area contributed by atoms with Crippen molar-refractivity contribution in [3.8, 4) is 0 Å². The summed E-state index contributed by atoms with van der Waals surface area (Å²) < 4.78 is 0. The van der Waals surface area contributed by atoms with Crippen LogP contribution in [-0.4, -0.2) is 39.5 Å². The Morgan fingerprint density at radius 2 is 2.00 bits per heavy atom. The van der Waals surface area contributed by atoms with Crippen molar-refractivity contribution in [2.45, 2.75) is 77.2 Å². The van der Waals surface area contributed by atoms with Crippen molar-refractivity contribution < 1.29 is 9.59 Å². The standard InChI is InChI=1S/C18H28N4O2S/c1-4-18(2,3)16-20-21-17(25-16)19-15(24)12-10-14(23)22(11-12)13-8-6-5-7-9-13/h12-13H,4-11H2,1-3H3,(H,19,21,24). The molecule has 1 aliphatic heterocycles. The van der Waals surface area contributed by atoms with Crippen molar-refractivity contribution in [1.82, 2.24) is 15.1 Å². The monoisotopic (exact) mass is 364 g/mol. The smallest absolute Gasteiger partial charge is 0.231 e. The fourth-order valence-electron chi connectivity index (χ4n) is 3.56. The number of carbonyl (C=O) groups excluding carboxylic acids is 2. The van der Waals surface area contributed by atoms with Crippen molar-refractivity contribution >= 4 is 28.3 Å². The van der Waals surface area contributed by atoms with E-state index in [1.165, 1.54) is 30.6 Å². The predicted octanol–water partition coefficient (Wildman–Crippen LogP) is 3.35. The van der Waals surface area contributed by atoms with Crippen LogP contribution in [0, 0.1) is 5.92 Å². The molecule has 1 aromatic heterocycles. The molecular weight excluding hydrogens is 336 g/mol. The van der Waals surface area contributed by atoms with Gasteiger partial charge in [-0.05, 0) is 19.3 Å². The number of carbonyl (C=O) groups is 2. The van der Waals surface area contributed by atoms with Crippen LogP contribution in [0.1, 0.15) is 70.7 Å². The maximum Gasteiger partial charge on any atom is 0.231 e. The lowest BCUT2D eigenvalue weighted by Gasteiger charge is -2.31. The summed E-state index contributed by atoms with van der Waals surface area (Å²) in [5.41, 5.74) is -0.0399. The van der Waals surface area contributed by atoms with Gasteiger partial charge in [0.25, 0.3) is 0 Å². The van der Waals surface area contributed by atoms with Gasteiger partial charge in [0.2, 0.25) is 16.9 Å². The number of likely N-dealkylation sites (tertiary alicyclic amines) is 1. The highest BCUT2D eigenvalue weighted by Crippen LogP contribution is 2.32. The van der Waals surface area contributed by atoms with Crippen LogP contribution < -0.4 is 5.32 Å². The van der Waals surface area contributed by atoms with Gasteiger partial charge in [-0.15, -0.1) is 10.2 Å². The molecule has 0 bridgehead atoms. The number of rotatable bonds is 5. The van der Waals surface area contributed by atoms with Crippen LogP contribution in [0.2, 0.25) is 0 Å². The molecule has 2 heterocycles. The van der Waals surface area contributed by atoms with Crippen molar-refractivity contribution in [2.24, 2.45) is 5.92 Å². The molecule has 3 rings (SSSR count). The van der Waals surface area contributed by atoms with Gasteiger partial charge in [-0.25, -0.2) is 0 Å². The summed E-state index contributed by atoms with van der Waals surface area (Å²) in [6, 6.07) is 0.331. The molecule has 2 aliphatic rings. The molecule has 1 N–H and O–H groups in total. The van der Waals surface area contributed by atoms with Crippen molar-refractivity contribution in [2.75, 3.05) is 11.9 Å². The van der Waals surface area contributed by atoms with Gasteiger partial charge in [0.1, 0.15) is 5.01 Å². The Balaban J connectivity index is 1.59. The van der Waals surface area contributed by atoms with Crippen LogP contribution in [-0.2, 0) is 15.0 Å². The number of hydrogen-bond donors (Lipinski definition) is 1. The Kier molecular flexibility index (Phi) is 5.41. The van der Waals surface area contributed by atoms with E-state index in [0.29, 0.717) is 24.1 Å². The zero-order chi connectivity index (χ0) is 18.0. The van der Waals surface area contributed by atoms with E-state index in [1.807, 2.05) is 4.90 Å². The number of hydrogen-bond acceptors (Lipinski definition) is 5. The highest BCUT2D eigenvalue weighted by atomic mass is 32.1. The normalized spacial score (nSPS) is 22.4. The number of nitrogens with one attached hydrogen (secondary N) is 1. The Morgan fingerprint density at radius 1 is 1.28 bits per heavy atom. The quantitative estimate of drug-likeness (QED) is 0.869. The summed E-state index contributed by atoms with van der Waals surface area (Å²) in [5.74, 6) is -0.262. The van der Waals surface area contributed by atoms with E-state index < -0.39 is 0 Å². The summed E-state index contributed by atoms with van der Waals surface area (Å²) in [7, 11) is 0. The summed E-state index contributed by atoms with van der Waals surface area (Å²) >= 11 is 1.43. The second-order valence-electron chi connectivity index (χ2n) is 7.88. The molecule has 0 aromatic carbocycles. The Morgan fingerprint density at radius 3 is 2.68 bits per heavy atom. The number of nitrogens with zero attached hydrogens (tertiary/aromatic N) is 3. The molecule has 1 aromatic rings. The van der Waals surface area contributed by atoms with Gasteiger partial charge < -0.3 is 10.2 Å². The van der Waals surface area contributed by atoms with E-state index in [9.17, 15) is 9.59 Å². The largest absolute Gasteiger partial charge is 0.339 e. The minimum atomic E-state index is -0.277. The molecule has 25 heavy (non-hydrogen) atoms. The summed E-state index contributed by atoms with van der Waals surface area (Å²) in [6.45, 7) is 6.90. The summed E-state index contributed by atoms with van der Waals surface area (Å²) in [6.07, 6.45) is 7.06. The molecule has 1 unspecified atom stereocenters. The highest BCUT2D eigenvalue weighted by Gasteiger charge is 2.38. The van der Waals surface area contributed by atoms with Crippen LogP contribution in [0.3, 0.4) is 0 Å². The molecule has 1 saturated heterocycles. The van der Waals surface area contributed by atoms with E-state index in [1.54, 1.807) is 0 Å². The average molecular weight is 365 g/mol. The molecule has 2 fully saturated rings. The molecule has 1 saturated carbocycles. The fourth-order valence-corrected chi connectivity index (χ4v) is 4.48. The van der Waals surface area contributed by atoms with Gasteiger partial charge in [0, 0.05) is 24.4 Å². The minimum absolute atomic E-state index is 0.0399. The van der Waals surface area contributed by atoms with Crippen molar-refractivity contribution in [3.05, 3.63) is 5.01 Å². The van der Waals surface area contributed by atoms with Gasteiger partial charge in [0.15, 0.2) is 0 Å². The summed E-state index contributed by atoms with van der Waals surface area (Å²) in [5, 5.41) is 12.7. The third kappa shape index (κ3) is 4.02. The van der Waals surface area contributed by atoms with Crippen LogP contribution in [0.15, 0.2) is 0 Å². The Bertz CT molecular complexity index is 637. The van der Waals surface area contributed by atoms with Gasteiger partial charge in [-0.1, -0.05) is 51.4 Å². The summed E-state index contributed by atoms with van der Waals surface area (Å²) in [4.78, 5) is 26.8. The maximum atomic E-state index is 12.6. The molecule has 6 nitrogen and oxygen atoms in total. The van der Waals surface area contributed by atoms with E-state index in [2.05, 4.69) is 36.3 Å². The fraction of sp³-hybridized carbons (Fsp3) is 0.778. The van der Waals surface area contributed by atoms with Crippen LogP contribution in [0.25, 0.3) is 0 Å². The molecule has 1 atom stereocenters. The van der Waals surface area contributed by atoms with Gasteiger partial charge in [-0.2, -0.15) is 0 Å². The number of aromatic nitrogens is 2. The van der Waals surface area contributed by atoms with E-state index in [0.717, 1.165) is 24.3 Å². The first kappa shape index (κ1) is 18.3. The van der Waals surface area contributed by atoms with E-state index >= 15 is 0 Å². The van der Waals surface area contributed by atoms with Crippen molar-refractivity contribution in [1.29, 1.82) is 0 Å². The van der Waals surface area contributed by atoms with Crippen LogP contribution in [0.5, 0.6) is 0 Å². The molecule has 2 amide bonds. The predicted molar refractivity (Wildman–Crippen MR) is 98.5 cm³/mol. The maximum absolute atomic E-state index is 12.6. The zero-order valence-electron chi connectivity index (χ0n) is 15.4. The second kappa shape index (κ2) is 7.40. The first-order valence-electron chi connectivity index (χ1n) is 9.35. The topological polar surface area (TPSA) is 75.2 Å². The lowest BCUT2D eigenvalue weighted by atomic mass is 9.91. The first-order chi connectivity index (χ1) is 11.9. The van der Waals surface area contributed by atoms with Crippen LogP contribution >= 0.6 is 11.3 Å². The first-order valence-corrected chi connectivity index (χ1v) is 10.2. The van der Waals surface area contributed by atoms with Gasteiger partial charge in [0.05, 0.1) is 5.92 Å². The SMILES string of the molecule is CCC(C)(C)c1nnc(NC(=O)C2CC(=O)N(C3CCCCC3)C2)s1.